The van der Waals surface area contributed by atoms with Crippen LogP contribution in [0.4, 0.5) is 0 Å². The molecule has 1 heterocycles. The van der Waals surface area contributed by atoms with Crippen LogP contribution in [0.15, 0.2) is 28.2 Å². The predicted molar refractivity (Wildman–Crippen MR) is 82.9 cm³/mol. The third kappa shape index (κ3) is 4.16. The lowest BCUT2D eigenvalue weighted by Gasteiger charge is -2.05. The summed E-state index contributed by atoms with van der Waals surface area (Å²) in [5.74, 6) is 1.99. The molecule has 3 rings (SSSR count). The van der Waals surface area contributed by atoms with Gasteiger partial charge in [-0.05, 0) is 30.5 Å². The fraction of sp³-hybridized carbons (Fsp3) is 0.385. The third-order valence-electron chi connectivity index (χ3n) is 2.99. The van der Waals surface area contributed by atoms with E-state index in [9.17, 15) is 0 Å². The summed E-state index contributed by atoms with van der Waals surface area (Å²) in [5, 5.41) is 3.19. The molecule has 0 amide bonds. The molecular weight excluding hydrogens is 294 g/mol. The van der Waals surface area contributed by atoms with Crippen LogP contribution in [0.2, 0.25) is 0 Å². The minimum absolute atomic E-state index is 0. The van der Waals surface area contributed by atoms with E-state index in [0.717, 1.165) is 29.9 Å². The Bertz CT molecular complexity index is 568. The molecule has 7 nitrogen and oxygen atoms in total. The molecule has 0 saturated heterocycles. The van der Waals surface area contributed by atoms with E-state index in [2.05, 4.69) is 15.3 Å². The fourth-order valence-electron chi connectivity index (χ4n) is 1.85. The van der Waals surface area contributed by atoms with Crippen LogP contribution in [-0.2, 0) is 6.54 Å². The predicted octanol–water partition coefficient (Wildman–Crippen LogP) is 0.718. The van der Waals surface area contributed by atoms with Crippen molar-refractivity contribution in [1.82, 2.24) is 5.32 Å². The molecule has 114 valence electrons. The van der Waals surface area contributed by atoms with E-state index < -0.39 is 0 Å². The van der Waals surface area contributed by atoms with Crippen molar-refractivity contribution in [2.24, 2.45) is 21.5 Å². The molecule has 1 aliphatic heterocycles. The van der Waals surface area contributed by atoms with Crippen molar-refractivity contribution in [3.8, 4) is 11.5 Å². The summed E-state index contributed by atoms with van der Waals surface area (Å²) in [6.45, 7) is 0.743. The number of nitrogens with two attached hydrogens (primary N) is 2. The average molecular weight is 312 g/mol. The first-order chi connectivity index (χ1) is 9.70. The molecule has 1 aromatic carbocycles. The molecule has 0 unspecified atom stereocenters. The van der Waals surface area contributed by atoms with Gasteiger partial charge in [0, 0.05) is 6.04 Å². The van der Waals surface area contributed by atoms with Gasteiger partial charge in [0.1, 0.15) is 0 Å². The number of rotatable bonds is 3. The van der Waals surface area contributed by atoms with E-state index in [1.165, 1.54) is 0 Å². The summed E-state index contributed by atoms with van der Waals surface area (Å²) in [7, 11) is 0. The van der Waals surface area contributed by atoms with E-state index >= 15 is 0 Å². The fourth-order valence-corrected chi connectivity index (χ4v) is 1.85. The number of halogens is 1. The highest BCUT2D eigenvalue weighted by Crippen LogP contribution is 2.32. The Hall–Kier alpha value is -2.15. The first-order valence-corrected chi connectivity index (χ1v) is 6.50. The number of ether oxygens (including phenoxy) is 2. The maximum absolute atomic E-state index is 5.40. The molecule has 1 saturated carbocycles. The Morgan fingerprint density at radius 1 is 1.24 bits per heavy atom. The number of guanidine groups is 2. The molecule has 21 heavy (non-hydrogen) atoms. The highest BCUT2D eigenvalue weighted by molar-refractivity contribution is 5.93. The van der Waals surface area contributed by atoms with Crippen LogP contribution < -0.4 is 26.3 Å². The van der Waals surface area contributed by atoms with E-state index in [0.29, 0.717) is 18.5 Å². The van der Waals surface area contributed by atoms with Crippen molar-refractivity contribution in [2.75, 3.05) is 6.79 Å². The number of hydrogen-bond donors (Lipinski definition) is 3. The lowest BCUT2D eigenvalue weighted by atomic mass is 10.2. The van der Waals surface area contributed by atoms with Gasteiger partial charge < -0.3 is 26.3 Å². The molecule has 0 atom stereocenters. The number of fused-ring (bicyclic) bond motifs is 1. The molecular formula is C13H18ClN5O2. The highest BCUT2D eigenvalue weighted by atomic mass is 35.5. The van der Waals surface area contributed by atoms with Crippen molar-refractivity contribution >= 4 is 24.3 Å². The largest absolute Gasteiger partial charge is 0.454 e. The van der Waals surface area contributed by atoms with Gasteiger partial charge in [-0.25, -0.2) is 4.99 Å². The van der Waals surface area contributed by atoms with Gasteiger partial charge in [0.25, 0.3) is 0 Å². The van der Waals surface area contributed by atoms with Gasteiger partial charge in [-0.2, -0.15) is 4.99 Å². The SMILES string of the molecule is Cl.NC(N)=NC(=NCc1ccc2c(c1)OCO2)NC1CC1. The van der Waals surface area contributed by atoms with Crippen molar-refractivity contribution in [3.63, 3.8) is 0 Å². The molecule has 0 spiro atoms. The normalized spacial score (nSPS) is 16.1. The minimum atomic E-state index is 0. The molecule has 0 radical (unpaired) electrons. The zero-order valence-corrected chi connectivity index (χ0v) is 12.2. The van der Waals surface area contributed by atoms with Crippen LogP contribution in [-0.4, -0.2) is 24.8 Å². The molecule has 2 aliphatic rings. The minimum Gasteiger partial charge on any atom is -0.454 e. The van der Waals surface area contributed by atoms with Crippen LogP contribution in [0.25, 0.3) is 0 Å². The second kappa shape index (κ2) is 6.53. The van der Waals surface area contributed by atoms with E-state index in [1.807, 2.05) is 18.2 Å². The molecule has 1 aliphatic carbocycles. The molecule has 1 aromatic rings. The van der Waals surface area contributed by atoms with Gasteiger partial charge in [0.2, 0.25) is 12.8 Å². The average Bonchev–Trinajstić information content (AvgIpc) is 3.10. The van der Waals surface area contributed by atoms with Gasteiger partial charge >= 0.3 is 0 Å². The Balaban J connectivity index is 0.00000161. The maximum atomic E-state index is 5.40. The topological polar surface area (TPSA) is 107 Å². The standard InChI is InChI=1S/C13H17N5O2.ClH/c14-12(15)18-13(17-9-2-3-9)16-6-8-1-4-10-11(5-8)20-7-19-10;/h1,4-5,9H,2-3,6-7H2,(H5,14,15,16,17,18);1H. The van der Waals surface area contributed by atoms with Gasteiger partial charge in [-0.15, -0.1) is 12.4 Å². The van der Waals surface area contributed by atoms with Crippen LogP contribution in [0.1, 0.15) is 18.4 Å². The van der Waals surface area contributed by atoms with Crippen LogP contribution >= 0.6 is 12.4 Å². The summed E-state index contributed by atoms with van der Waals surface area (Å²) in [5.41, 5.74) is 11.8. The van der Waals surface area contributed by atoms with Gasteiger partial charge in [0.05, 0.1) is 6.54 Å². The van der Waals surface area contributed by atoms with Crippen molar-refractivity contribution < 1.29 is 9.47 Å². The summed E-state index contributed by atoms with van der Waals surface area (Å²) in [4.78, 5) is 8.40. The number of benzene rings is 1. The summed E-state index contributed by atoms with van der Waals surface area (Å²) in [6, 6.07) is 6.17. The third-order valence-corrected chi connectivity index (χ3v) is 2.99. The zero-order valence-electron chi connectivity index (χ0n) is 11.4. The lowest BCUT2D eigenvalue weighted by Crippen LogP contribution is -2.30. The quantitative estimate of drug-likeness (QED) is 0.563. The Morgan fingerprint density at radius 3 is 2.71 bits per heavy atom. The smallest absolute Gasteiger partial charge is 0.231 e. The van der Waals surface area contributed by atoms with Crippen LogP contribution in [0.5, 0.6) is 11.5 Å². The number of nitrogens with one attached hydrogen (secondary N) is 1. The number of aliphatic imine (C=N–C) groups is 2. The molecule has 8 heteroatoms. The zero-order chi connectivity index (χ0) is 13.9. The van der Waals surface area contributed by atoms with Crippen LogP contribution in [0.3, 0.4) is 0 Å². The maximum Gasteiger partial charge on any atom is 0.231 e. The monoisotopic (exact) mass is 311 g/mol. The molecule has 0 bridgehead atoms. The van der Waals surface area contributed by atoms with E-state index in [-0.39, 0.29) is 25.2 Å². The Labute approximate surface area is 128 Å². The highest BCUT2D eigenvalue weighted by Gasteiger charge is 2.22. The van der Waals surface area contributed by atoms with Crippen molar-refractivity contribution in [2.45, 2.75) is 25.4 Å². The molecule has 1 fully saturated rings. The van der Waals surface area contributed by atoms with Gasteiger partial charge in [0.15, 0.2) is 17.5 Å². The van der Waals surface area contributed by atoms with Gasteiger partial charge in [-0.3, -0.25) is 0 Å². The summed E-state index contributed by atoms with van der Waals surface area (Å²) >= 11 is 0. The Kier molecular flexibility index (Phi) is 4.74. The summed E-state index contributed by atoms with van der Waals surface area (Å²) < 4.78 is 10.6. The number of hydrogen-bond acceptors (Lipinski definition) is 3. The first-order valence-electron chi connectivity index (χ1n) is 6.50. The molecule has 5 N–H and O–H groups in total. The second-order valence-corrected chi connectivity index (χ2v) is 4.78. The lowest BCUT2D eigenvalue weighted by molar-refractivity contribution is 0.174. The second-order valence-electron chi connectivity index (χ2n) is 4.78. The number of nitrogens with zero attached hydrogens (tertiary/aromatic N) is 2. The van der Waals surface area contributed by atoms with E-state index in [1.54, 1.807) is 0 Å². The Morgan fingerprint density at radius 2 is 2.00 bits per heavy atom. The van der Waals surface area contributed by atoms with Crippen LogP contribution in [0, 0.1) is 0 Å². The first kappa shape index (κ1) is 15.2. The van der Waals surface area contributed by atoms with E-state index in [4.69, 9.17) is 20.9 Å². The van der Waals surface area contributed by atoms with Crippen molar-refractivity contribution in [3.05, 3.63) is 23.8 Å². The van der Waals surface area contributed by atoms with Gasteiger partial charge in [-0.1, -0.05) is 6.07 Å². The van der Waals surface area contributed by atoms with Crippen molar-refractivity contribution in [1.29, 1.82) is 0 Å². The summed E-state index contributed by atoms with van der Waals surface area (Å²) in [6.07, 6.45) is 2.26. The molecule has 0 aromatic heterocycles.